The van der Waals surface area contributed by atoms with Gasteiger partial charge in [-0.1, -0.05) is 6.92 Å². The van der Waals surface area contributed by atoms with Crippen molar-refractivity contribution in [3.05, 3.63) is 18.7 Å². The lowest BCUT2D eigenvalue weighted by molar-refractivity contribution is 0.685. The molecule has 0 N–H and O–H groups in total. The minimum Gasteiger partial charge on any atom is -0.334 e. The maximum absolute atomic E-state index is 3.98. The fourth-order valence-corrected chi connectivity index (χ4v) is 1.18. The Morgan fingerprint density at radius 3 is 2.89 bits per heavy atom. The molecule has 9 heavy (non-hydrogen) atoms. The van der Waals surface area contributed by atoms with Crippen LogP contribution < -0.4 is 0 Å². The van der Waals surface area contributed by atoms with Crippen LogP contribution in [0.3, 0.4) is 0 Å². The standard InChI is InChI=1S/C7H10N2/c1-6-4-7(6)9-3-2-8-5-9/h2-3,5-7H,4H2,1H3/t6?,7-/m1/s1. The first-order valence-corrected chi connectivity index (χ1v) is 3.35. The van der Waals surface area contributed by atoms with Gasteiger partial charge >= 0.3 is 0 Å². The number of rotatable bonds is 1. The smallest absolute Gasteiger partial charge is 0.0948 e. The van der Waals surface area contributed by atoms with Gasteiger partial charge in [0.2, 0.25) is 0 Å². The SMILES string of the molecule is CC1C[C@H]1n1ccnc1. The van der Waals surface area contributed by atoms with Crippen LogP contribution in [0.15, 0.2) is 18.7 Å². The Morgan fingerprint density at radius 2 is 2.44 bits per heavy atom. The van der Waals surface area contributed by atoms with Gasteiger partial charge in [-0.25, -0.2) is 4.98 Å². The van der Waals surface area contributed by atoms with Crippen LogP contribution in [0.4, 0.5) is 0 Å². The van der Waals surface area contributed by atoms with Crippen molar-refractivity contribution in [3.63, 3.8) is 0 Å². The normalized spacial score (nSPS) is 32.6. The molecule has 2 heteroatoms. The Labute approximate surface area is 54.5 Å². The molecule has 0 aliphatic heterocycles. The number of hydrogen-bond donors (Lipinski definition) is 0. The molecule has 1 heterocycles. The molecule has 2 atom stereocenters. The van der Waals surface area contributed by atoms with Gasteiger partial charge in [0.25, 0.3) is 0 Å². The third-order valence-corrected chi connectivity index (χ3v) is 1.97. The maximum atomic E-state index is 3.98. The van der Waals surface area contributed by atoms with E-state index in [9.17, 15) is 0 Å². The fraction of sp³-hybridized carbons (Fsp3) is 0.571. The van der Waals surface area contributed by atoms with Gasteiger partial charge in [0, 0.05) is 18.4 Å². The molecule has 2 rings (SSSR count). The lowest BCUT2D eigenvalue weighted by Crippen LogP contribution is -1.89. The molecule has 48 valence electrons. The quantitative estimate of drug-likeness (QED) is 0.551. The first kappa shape index (κ1) is 5.03. The van der Waals surface area contributed by atoms with Gasteiger partial charge in [0.1, 0.15) is 0 Å². The van der Waals surface area contributed by atoms with Crippen molar-refractivity contribution in [1.82, 2.24) is 9.55 Å². The molecule has 0 amide bonds. The highest BCUT2D eigenvalue weighted by molar-refractivity contribution is 4.92. The van der Waals surface area contributed by atoms with Crippen molar-refractivity contribution >= 4 is 0 Å². The molecular weight excluding hydrogens is 112 g/mol. The Kier molecular flexibility index (Phi) is 0.891. The summed E-state index contributed by atoms with van der Waals surface area (Å²) < 4.78 is 2.19. The van der Waals surface area contributed by atoms with E-state index < -0.39 is 0 Å². The summed E-state index contributed by atoms with van der Waals surface area (Å²) in [5, 5.41) is 0. The van der Waals surface area contributed by atoms with Crippen molar-refractivity contribution in [2.75, 3.05) is 0 Å². The zero-order valence-corrected chi connectivity index (χ0v) is 5.49. The zero-order valence-electron chi connectivity index (χ0n) is 5.49. The molecule has 0 radical (unpaired) electrons. The van der Waals surface area contributed by atoms with Crippen molar-refractivity contribution in [2.24, 2.45) is 5.92 Å². The van der Waals surface area contributed by atoms with Gasteiger partial charge in [-0.15, -0.1) is 0 Å². The van der Waals surface area contributed by atoms with E-state index in [0.29, 0.717) is 0 Å². The Bertz CT molecular complexity index is 191. The number of nitrogens with zero attached hydrogens (tertiary/aromatic N) is 2. The largest absolute Gasteiger partial charge is 0.334 e. The second-order valence-corrected chi connectivity index (χ2v) is 2.79. The lowest BCUT2D eigenvalue weighted by atomic mass is 10.5. The summed E-state index contributed by atoms with van der Waals surface area (Å²) in [5.74, 6) is 0.874. The topological polar surface area (TPSA) is 17.8 Å². The van der Waals surface area contributed by atoms with Crippen molar-refractivity contribution in [2.45, 2.75) is 19.4 Å². The zero-order chi connectivity index (χ0) is 6.27. The van der Waals surface area contributed by atoms with Gasteiger partial charge in [-0.2, -0.15) is 0 Å². The van der Waals surface area contributed by atoms with Crippen molar-refractivity contribution in [3.8, 4) is 0 Å². The third-order valence-electron chi connectivity index (χ3n) is 1.97. The summed E-state index contributed by atoms with van der Waals surface area (Å²) >= 11 is 0. The third kappa shape index (κ3) is 0.745. The van der Waals surface area contributed by atoms with Crippen LogP contribution in [0.25, 0.3) is 0 Å². The van der Waals surface area contributed by atoms with E-state index in [4.69, 9.17) is 0 Å². The number of hydrogen-bond acceptors (Lipinski definition) is 1. The van der Waals surface area contributed by atoms with E-state index >= 15 is 0 Å². The van der Waals surface area contributed by atoms with Gasteiger partial charge in [0.15, 0.2) is 0 Å². The summed E-state index contributed by atoms with van der Waals surface area (Å²) in [5.41, 5.74) is 0. The minimum atomic E-state index is 0.757. The number of aromatic nitrogens is 2. The average Bonchev–Trinajstić information content (AvgIpc) is 2.44. The summed E-state index contributed by atoms with van der Waals surface area (Å²) in [4.78, 5) is 3.98. The van der Waals surface area contributed by atoms with Crippen LogP contribution in [0.1, 0.15) is 19.4 Å². The highest BCUT2D eigenvalue weighted by Gasteiger charge is 2.33. The maximum Gasteiger partial charge on any atom is 0.0948 e. The van der Waals surface area contributed by atoms with Gasteiger partial charge < -0.3 is 4.57 Å². The van der Waals surface area contributed by atoms with Crippen LogP contribution in [0.2, 0.25) is 0 Å². The van der Waals surface area contributed by atoms with Gasteiger partial charge in [-0.3, -0.25) is 0 Å². The molecule has 0 spiro atoms. The Balaban J connectivity index is 2.18. The molecule has 1 aliphatic rings. The van der Waals surface area contributed by atoms with Crippen LogP contribution in [0.5, 0.6) is 0 Å². The molecule has 1 saturated carbocycles. The van der Waals surface area contributed by atoms with Crippen LogP contribution in [-0.4, -0.2) is 9.55 Å². The Hall–Kier alpha value is -0.790. The average molecular weight is 122 g/mol. The highest BCUT2D eigenvalue weighted by Crippen LogP contribution is 2.42. The second-order valence-electron chi connectivity index (χ2n) is 2.79. The first-order valence-electron chi connectivity index (χ1n) is 3.35. The molecule has 1 fully saturated rings. The Morgan fingerprint density at radius 1 is 1.67 bits per heavy atom. The molecular formula is C7H10N2. The van der Waals surface area contributed by atoms with Gasteiger partial charge in [-0.05, 0) is 12.3 Å². The lowest BCUT2D eigenvalue weighted by Gasteiger charge is -1.94. The predicted octanol–water partition coefficient (Wildman–Crippen LogP) is 1.46. The van der Waals surface area contributed by atoms with Crippen LogP contribution in [-0.2, 0) is 0 Å². The van der Waals surface area contributed by atoms with Crippen LogP contribution >= 0.6 is 0 Å². The molecule has 2 nitrogen and oxygen atoms in total. The summed E-state index contributed by atoms with van der Waals surface area (Å²) in [6, 6.07) is 0.757. The van der Waals surface area contributed by atoms with E-state index in [0.717, 1.165) is 12.0 Å². The molecule has 0 aromatic carbocycles. The van der Waals surface area contributed by atoms with Crippen molar-refractivity contribution in [1.29, 1.82) is 0 Å². The van der Waals surface area contributed by atoms with E-state index in [2.05, 4.69) is 16.5 Å². The molecule has 1 aromatic heterocycles. The second kappa shape index (κ2) is 1.59. The molecule has 0 bridgehead atoms. The van der Waals surface area contributed by atoms with E-state index in [1.165, 1.54) is 6.42 Å². The predicted molar refractivity (Wildman–Crippen MR) is 35.0 cm³/mol. The molecule has 1 aliphatic carbocycles. The minimum absolute atomic E-state index is 0.757. The summed E-state index contributed by atoms with van der Waals surface area (Å²) in [6.45, 7) is 2.27. The highest BCUT2D eigenvalue weighted by atomic mass is 15.1. The van der Waals surface area contributed by atoms with E-state index in [1.54, 1.807) is 0 Å². The number of imidazole rings is 1. The molecule has 1 unspecified atom stereocenters. The monoisotopic (exact) mass is 122 g/mol. The summed E-state index contributed by atoms with van der Waals surface area (Å²) in [6.07, 6.45) is 7.10. The molecule has 0 saturated heterocycles. The first-order chi connectivity index (χ1) is 4.38. The van der Waals surface area contributed by atoms with E-state index in [1.807, 2.05) is 18.7 Å². The van der Waals surface area contributed by atoms with Crippen molar-refractivity contribution < 1.29 is 0 Å². The van der Waals surface area contributed by atoms with E-state index in [-0.39, 0.29) is 0 Å². The summed E-state index contributed by atoms with van der Waals surface area (Å²) in [7, 11) is 0. The van der Waals surface area contributed by atoms with Gasteiger partial charge in [0.05, 0.1) is 6.33 Å². The molecule has 1 aromatic rings. The fourth-order valence-electron chi connectivity index (χ4n) is 1.18. The van der Waals surface area contributed by atoms with Crippen LogP contribution in [0, 0.1) is 5.92 Å².